The lowest BCUT2D eigenvalue weighted by molar-refractivity contribution is -0.135. The molecule has 1 amide bonds. The van der Waals surface area contributed by atoms with Crippen molar-refractivity contribution in [1.29, 1.82) is 0 Å². The number of thiophene rings is 1. The molecule has 2 heterocycles. The molecule has 106 valence electrons. The van der Waals surface area contributed by atoms with E-state index in [0.29, 0.717) is 6.04 Å². The molecule has 4 nitrogen and oxygen atoms in total. The molecule has 1 aliphatic heterocycles. The minimum absolute atomic E-state index is 0.125. The van der Waals surface area contributed by atoms with Crippen LogP contribution in [0.25, 0.3) is 0 Å². The quantitative estimate of drug-likeness (QED) is 0.911. The van der Waals surface area contributed by atoms with Gasteiger partial charge in [0, 0.05) is 44.6 Å². The maximum absolute atomic E-state index is 12.6. The first-order valence-corrected chi connectivity index (χ1v) is 7.61. The molecule has 1 aromatic rings. The first kappa shape index (κ1) is 14.5. The molecule has 1 N–H and O–H groups in total. The fourth-order valence-electron chi connectivity index (χ4n) is 2.54. The second kappa shape index (κ2) is 6.03. The number of nitrogens with zero attached hydrogens (tertiary/aromatic N) is 2. The molecule has 1 fully saturated rings. The van der Waals surface area contributed by atoms with Gasteiger partial charge in [-0.05, 0) is 30.9 Å². The van der Waals surface area contributed by atoms with Crippen molar-refractivity contribution in [2.24, 2.45) is 0 Å². The van der Waals surface area contributed by atoms with Crippen LogP contribution < -0.4 is 5.32 Å². The van der Waals surface area contributed by atoms with E-state index in [1.54, 1.807) is 16.2 Å². The Labute approximate surface area is 119 Å². The van der Waals surface area contributed by atoms with Crippen LogP contribution in [0.3, 0.4) is 0 Å². The summed E-state index contributed by atoms with van der Waals surface area (Å²) < 4.78 is 0. The van der Waals surface area contributed by atoms with Crippen molar-refractivity contribution in [2.45, 2.75) is 25.9 Å². The smallest absolute Gasteiger partial charge is 0.244 e. The molecule has 1 saturated heterocycles. The Morgan fingerprint density at radius 3 is 2.84 bits per heavy atom. The van der Waals surface area contributed by atoms with E-state index in [4.69, 9.17) is 0 Å². The average Bonchev–Trinajstić information content (AvgIpc) is 2.76. The number of carbonyl (C=O) groups is 1. The Bertz CT molecular complexity index is 444. The highest BCUT2D eigenvalue weighted by molar-refractivity contribution is 7.10. The lowest BCUT2D eigenvalue weighted by Crippen LogP contribution is -2.53. The first-order valence-electron chi connectivity index (χ1n) is 6.73. The van der Waals surface area contributed by atoms with E-state index in [-0.39, 0.29) is 11.9 Å². The Morgan fingerprint density at radius 2 is 2.32 bits per heavy atom. The van der Waals surface area contributed by atoms with Crippen molar-refractivity contribution in [3.05, 3.63) is 21.9 Å². The molecule has 0 spiro atoms. The minimum atomic E-state index is -0.125. The monoisotopic (exact) mass is 281 g/mol. The van der Waals surface area contributed by atoms with Crippen LogP contribution in [0.2, 0.25) is 0 Å². The van der Waals surface area contributed by atoms with Gasteiger partial charge < -0.3 is 10.2 Å². The highest BCUT2D eigenvalue weighted by Gasteiger charge is 2.33. The van der Waals surface area contributed by atoms with Gasteiger partial charge >= 0.3 is 0 Å². The normalized spacial score (nSPS) is 22.2. The van der Waals surface area contributed by atoms with Crippen molar-refractivity contribution in [2.75, 3.05) is 33.7 Å². The highest BCUT2D eigenvalue weighted by Crippen LogP contribution is 2.30. The standard InChI is InChI=1S/C14H23N3OS/c1-10-5-8-19-13(10)12(14(18)16(3)4)17-7-6-15-11(2)9-17/h5,8,11-12,15H,6-7,9H2,1-4H3. The van der Waals surface area contributed by atoms with E-state index in [1.165, 1.54) is 10.4 Å². The van der Waals surface area contributed by atoms with Crippen molar-refractivity contribution in [1.82, 2.24) is 15.1 Å². The van der Waals surface area contributed by atoms with Gasteiger partial charge in [-0.3, -0.25) is 9.69 Å². The number of likely N-dealkylation sites (N-methyl/N-ethyl adjacent to an activating group) is 1. The summed E-state index contributed by atoms with van der Waals surface area (Å²) in [4.78, 5) is 17.8. The lowest BCUT2D eigenvalue weighted by atomic mass is 10.1. The number of piperazine rings is 1. The number of nitrogens with one attached hydrogen (secondary N) is 1. The number of hydrogen-bond donors (Lipinski definition) is 1. The van der Waals surface area contributed by atoms with E-state index < -0.39 is 0 Å². The van der Waals surface area contributed by atoms with Crippen LogP contribution >= 0.6 is 11.3 Å². The van der Waals surface area contributed by atoms with Gasteiger partial charge in [-0.15, -0.1) is 11.3 Å². The third-order valence-electron chi connectivity index (χ3n) is 3.59. The van der Waals surface area contributed by atoms with Gasteiger partial charge in [0.2, 0.25) is 5.91 Å². The molecule has 0 saturated carbocycles. The summed E-state index contributed by atoms with van der Waals surface area (Å²) in [6.07, 6.45) is 0. The van der Waals surface area contributed by atoms with Gasteiger partial charge in [-0.25, -0.2) is 0 Å². The van der Waals surface area contributed by atoms with Crippen molar-refractivity contribution < 1.29 is 4.79 Å². The van der Waals surface area contributed by atoms with Gasteiger partial charge in [0.1, 0.15) is 6.04 Å². The summed E-state index contributed by atoms with van der Waals surface area (Å²) in [7, 11) is 3.67. The topological polar surface area (TPSA) is 35.6 Å². The SMILES string of the molecule is Cc1ccsc1C(C(=O)N(C)C)N1CCNC(C)C1. The first-order chi connectivity index (χ1) is 9.00. The van der Waals surface area contributed by atoms with Crippen LogP contribution in [-0.2, 0) is 4.79 Å². The van der Waals surface area contributed by atoms with Crippen LogP contribution in [0.15, 0.2) is 11.4 Å². The number of amides is 1. The third-order valence-corrected chi connectivity index (χ3v) is 4.66. The summed E-state index contributed by atoms with van der Waals surface area (Å²) in [5.74, 6) is 0.180. The van der Waals surface area contributed by atoms with Gasteiger partial charge in [-0.2, -0.15) is 0 Å². The maximum Gasteiger partial charge on any atom is 0.244 e. The summed E-state index contributed by atoms with van der Waals surface area (Å²) in [6.45, 7) is 7.05. The molecule has 19 heavy (non-hydrogen) atoms. The Hall–Kier alpha value is -0.910. The molecule has 5 heteroatoms. The lowest BCUT2D eigenvalue weighted by Gasteiger charge is -2.37. The maximum atomic E-state index is 12.6. The number of hydrogen-bond acceptors (Lipinski definition) is 4. The molecule has 0 aromatic carbocycles. The Morgan fingerprint density at radius 1 is 1.58 bits per heavy atom. The average molecular weight is 281 g/mol. The Kier molecular flexibility index (Phi) is 4.60. The second-order valence-electron chi connectivity index (χ2n) is 5.45. The highest BCUT2D eigenvalue weighted by atomic mass is 32.1. The predicted octanol–water partition coefficient (Wildman–Crippen LogP) is 1.48. The van der Waals surface area contributed by atoms with E-state index in [0.717, 1.165) is 19.6 Å². The zero-order valence-electron chi connectivity index (χ0n) is 12.1. The molecular formula is C14H23N3OS. The molecule has 1 aromatic heterocycles. The van der Waals surface area contributed by atoms with Crippen molar-refractivity contribution in [3.8, 4) is 0 Å². The second-order valence-corrected chi connectivity index (χ2v) is 6.40. The fraction of sp³-hybridized carbons (Fsp3) is 0.643. The number of carbonyl (C=O) groups excluding carboxylic acids is 1. The largest absolute Gasteiger partial charge is 0.347 e. The zero-order valence-corrected chi connectivity index (χ0v) is 13.0. The minimum Gasteiger partial charge on any atom is -0.347 e. The summed E-state index contributed by atoms with van der Waals surface area (Å²) in [6, 6.07) is 2.41. The van der Waals surface area contributed by atoms with Gasteiger partial charge in [0.05, 0.1) is 0 Å². The van der Waals surface area contributed by atoms with Crippen LogP contribution in [0, 0.1) is 6.92 Å². The van der Waals surface area contributed by atoms with Crippen LogP contribution in [-0.4, -0.2) is 55.5 Å². The van der Waals surface area contributed by atoms with Gasteiger partial charge in [-0.1, -0.05) is 0 Å². The van der Waals surface area contributed by atoms with Crippen LogP contribution in [0.5, 0.6) is 0 Å². The van der Waals surface area contributed by atoms with E-state index in [9.17, 15) is 4.79 Å². The van der Waals surface area contributed by atoms with Crippen molar-refractivity contribution in [3.63, 3.8) is 0 Å². The summed E-state index contributed by atoms with van der Waals surface area (Å²) in [5, 5.41) is 5.51. The van der Waals surface area contributed by atoms with E-state index in [1.807, 2.05) is 14.1 Å². The zero-order chi connectivity index (χ0) is 14.0. The molecule has 2 atom stereocenters. The van der Waals surface area contributed by atoms with Crippen LogP contribution in [0.4, 0.5) is 0 Å². The van der Waals surface area contributed by atoms with E-state index >= 15 is 0 Å². The third kappa shape index (κ3) is 3.16. The molecular weight excluding hydrogens is 258 g/mol. The number of rotatable bonds is 3. The molecule has 0 bridgehead atoms. The molecule has 0 radical (unpaired) electrons. The predicted molar refractivity (Wildman–Crippen MR) is 79.5 cm³/mol. The molecule has 0 aliphatic carbocycles. The summed E-state index contributed by atoms with van der Waals surface area (Å²) in [5.41, 5.74) is 1.22. The van der Waals surface area contributed by atoms with Gasteiger partial charge in [0.25, 0.3) is 0 Å². The van der Waals surface area contributed by atoms with E-state index in [2.05, 4.69) is 35.5 Å². The fourth-order valence-corrected chi connectivity index (χ4v) is 3.59. The molecule has 2 rings (SSSR count). The van der Waals surface area contributed by atoms with Crippen molar-refractivity contribution >= 4 is 17.2 Å². The molecule has 2 unspecified atom stereocenters. The number of aryl methyl sites for hydroxylation is 1. The molecule has 1 aliphatic rings. The summed E-state index contributed by atoms with van der Waals surface area (Å²) >= 11 is 1.69. The van der Waals surface area contributed by atoms with Gasteiger partial charge in [0.15, 0.2) is 0 Å². The van der Waals surface area contributed by atoms with Crippen LogP contribution in [0.1, 0.15) is 23.4 Å². The Balaban J connectivity index is 2.29.